The maximum absolute atomic E-state index is 6.33. The first kappa shape index (κ1) is 15.4. The van der Waals surface area contributed by atoms with Gasteiger partial charge in [-0.3, -0.25) is 0 Å². The van der Waals surface area contributed by atoms with Gasteiger partial charge in [0, 0.05) is 15.2 Å². The van der Waals surface area contributed by atoms with Crippen molar-refractivity contribution in [1.82, 2.24) is 0 Å². The fourth-order valence-electron chi connectivity index (χ4n) is 3.58. The molecular weight excluding hydrogens is 344 g/mol. The minimum atomic E-state index is 0.433. The third-order valence-corrected chi connectivity index (χ3v) is 5.95. The van der Waals surface area contributed by atoms with E-state index in [4.69, 9.17) is 11.6 Å². The molecule has 1 atom stereocenters. The van der Waals surface area contributed by atoms with Crippen molar-refractivity contribution >= 4 is 38.3 Å². The Hall–Kier alpha value is -0.530. The van der Waals surface area contributed by atoms with Crippen molar-refractivity contribution in [3.8, 4) is 0 Å². The molecule has 0 saturated heterocycles. The van der Waals surface area contributed by atoms with E-state index in [0.29, 0.717) is 4.83 Å². The van der Waals surface area contributed by atoms with Gasteiger partial charge < -0.3 is 0 Å². The highest BCUT2D eigenvalue weighted by atomic mass is 79.9. The molecule has 2 heteroatoms. The second kappa shape index (κ2) is 7.15. The Morgan fingerprint density at radius 3 is 2.33 bits per heavy atom. The van der Waals surface area contributed by atoms with Crippen LogP contribution in [0.2, 0.25) is 5.02 Å². The molecule has 3 rings (SSSR count). The van der Waals surface area contributed by atoms with Gasteiger partial charge in [-0.2, -0.15) is 0 Å². The van der Waals surface area contributed by atoms with Gasteiger partial charge in [0.2, 0.25) is 0 Å². The first-order valence-corrected chi connectivity index (χ1v) is 9.36. The molecule has 1 saturated carbocycles. The molecule has 2 aromatic carbocycles. The van der Waals surface area contributed by atoms with Crippen LogP contribution >= 0.6 is 27.5 Å². The van der Waals surface area contributed by atoms with Crippen molar-refractivity contribution in [2.75, 3.05) is 0 Å². The number of alkyl halides is 1. The van der Waals surface area contributed by atoms with E-state index < -0.39 is 0 Å². The Balaban J connectivity index is 1.84. The number of fused-ring (bicyclic) bond motifs is 1. The van der Waals surface area contributed by atoms with Gasteiger partial charge in [0.15, 0.2) is 0 Å². The standard InChI is InChI=1S/C19H22BrCl/c20-18(13-14-7-3-1-2-4-8-14)16-11-12-19(21)17-10-6-5-9-15(16)17/h5-6,9-12,14,18H,1-4,7-8,13H2. The van der Waals surface area contributed by atoms with Crippen molar-refractivity contribution < 1.29 is 0 Å². The van der Waals surface area contributed by atoms with E-state index in [1.807, 2.05) is 6.07 Å². The molecule has 0 amide bonds. The summed E-state index contributed by atoms with van der Waals surface area (Å²) in [6, 6.07) is 12.7. The average Bonchev–Trinajstić information content (AvgIpc) is 2.76. The number of hydrogen-bond donors (Lipinski definition) is 0. The zero-order valence-electron chi connectivity index (χ0n) is 12.3. The molecule has 0 N–H and O–H groups in total. The molecule has 0 radical (unpaired) electrons. The molecule has 1 aliphatic rings. The molecule has 1 fully saturated rings. The van der Waals surface area contributed by atoms with Crippen LogP contribution in [-0.2, 0) is 0 Å². The Morgan fingerprint density at radius 1 is 0.952 bits per heavy atom. The Bertz CT molecular complexity index is 600. The zero-order chi connectivity index (χ0) is 14.7. The van der Waals surface area contributed by atoms with Crippen molar-refractivity contribution in [3.63, 3.8) is 0 Å². The average molecular weight is 366 g/mol. The molecule has 0 aromatic heterocycles. The lowest BCUT2D eigenvalue weighted by molar-refractivity contribution is 0.427. The van der Waals surface area contributed by atoms with E-state index >= 15 is 0 Å². The highest BCUT2D eigenvalue weighted by molar-refractivity contribution is 9.09. The topological polar surface area (TPSA) is 0 Å². The molecule has 0 bridgehead atoms. The van der Waals surface area contributed by atoms with Gasteiger partial charge in [0.05, 0.1) is 0 Å². The number of halogens is 2. The van der Waals surface area contributed by atoms with E-state index in [9.17, 15) is 0 Å². The Labute approximate surface area is 141 Å². The molecule has 0 nitrogen and oxygen atoms in total. The van der Waals surface area contributed by atoms with E-state index in [-0.39, 0.29) is 0 Å². The van der Waals surface area contributed by atoms with Gasteiger partial charge in [-0.1, -0.05) is 96.4 Å². The van der Waals surface area contributed by atoms with Crippen LogP contribution in [-0.4, -0.2) is 0 Å². The fraction of sp³-hybridized carbons (Fsp3) is 0.474. The highest BCUT2D eigenvalue weighted by Crippen LogP contribution is 2.39. The Kier molecular flexibility index (Phi) is 5.24. The van der Waals surface area contributed by atoms with Gasteiger partial charge >= 0.3 is 0 Å². The molecule has 21 heavy (non-hydrogen) atoms. The van der Waals surface area contributed by atoms with Crippen LogP contribution in [0.15, 0.2) is 36.4 Å². The third-order valence-electron chi connectivity index (χ3n) is 4.76. The second-order valence-corrected chi connectivity index (χ2v) is 7.76. The van der Waals surface area contributed by atoms with Crippen LogP contribution in [0, 0.1) is 5.92 Å². The van der Waals surface area contributed by atoms with Crippen LogP contribution in [0.1, 0.15) is 55.3 Å². The Morgan fingerprint density at radius 2 is 1.62 bits per heavy atom. The molecule has 1 unspecified atom stereocenters. The summed E-state index contributed by atoms with van der Waals surface area (Å²) in [6.07, 6.45) is 9.70. The monoisotopic (exact) mass is 364 g/mol. The predicted molar refractivity (Wildman–Crippen MR) is 96.4 cm³/mol. The summed E-state index contributed by atoms with van der Waals surface area (Å²) in [4.78, 5) is 0.433. The zero-order valence-corrected chi connectivity index (χ0v) is 14.7. The minimum Gasteiger partial charge on any atom is -0.0838 e. The van der Waals surface area contributed by atoms with Crippen LogP contribution in [0.5, 0.6) is 0 Å². The summed E-state index contributed by atoms with van der Waals surface area (Å²) in [5, 5.41) is 3.31. The van der Waals surface area contributed by atoms with Gasteiger partial charge in [0.25, 0.3) is 0 Å². The number of benzene rings is 2. The summed E-state index contributed by atoms with van der Waals surface area (Å²) in [7, 11) is 0. The molecule has 0 aliphatic heterocycles. The van der Waals surface area contributed by atoms with E-state index in [0.717, 1.165) is 10.9 Å². The third kappa shape index (κ3) is 3.63. The van der Waals surface area contributed by atoms with E-state index in [2.05, 4.69) is 46.3 Å². The largest absolute Gasteiger partial charge is 0.0838 e. The summed E-state index contributed by atoms with van der Waals surface area (Å²) >= 11 is 10.3. The summed E-state index contributed by atoms with van der Waals surface area (Å²) in [5.74, 6) is 0.867. The van der Waals surface area contributed by atoms with Gasteiger partial charge in [-0.15, -0.1) is 0 Å². The van der Waals surface area contributed by atoms with E-state index in [1.54, 1.807) is 0 Å². The maximum atomic E-state index is 6.33. The SMILES string of the molecule is Clc1ccc(C(Br)CC2CCCCCC2)c2ccccc12. The smallest absolute Gasteiger partial charge is 0.0484 e. The van der Waals surface area contributed by atoms with E-state index in [1.165, 1.54) is 61.3 Å². The molecule has 2 aromatic rings. The molecule has 0 heterocycles. The van der Waals surface area contributed by atoms with Gasteiger partial charge in [-0.25, -0.2) is 0 Å². The van der Waals surface area contributed by atoms with Crippen LogP contribution < -0.4 is 0 Å². The summed E-state index contributed by atoms with van der Waals surface area (Å²) < 4.78 is 0. The van der Waals surface area contributed by atoms with Crippen molar-refractivity contribution in [2.24, 2.45) is 5.92 Å². The molecule has 112 valence electrons. The first-order valence-electron chi connectivity index (χ1n) is 8.07. The minimum absolute atomic E-state index is 0.433. The van der Waals surface area contributed by atoms with Gasteiger partial charge in [-0.05, 0) is 29.4 Å². The summed E-state index contributed by atoms with van der Waals surface area (Å²) in [5.41, 5.74) is 1.39. The molecule has 1 aliphatic carbocycles. The fourth-order valence-corrected chi connectivity index (χ4v) is 4.73. The van der Waals surface area contributed by atoms with Crippen molar-refractivity contribution in [3.05, 3.63) is 47.0 Å². The lowest BCUT2D eigenvalue weighted by atomic mass is 9.91. The lowest BCUT2D eigenvalue weighted by Crippen LogP contribution is -2.03. The normalized spacial score (nSPS) is 18.6. The molecular formula is C19H22BrCl. The number of hydrogen-bond acceptors (Lipinski definition) is 0. The molecule has 0 spiro atoms. The highest BCUT2D eigenvalue weighted by Gasteiger charge is 2.19. The maximum Gasteiger partial charge on any atom is 0.0484 e. The second-order valence-electron chi connectivity index (χ2n) is 6.24. The van der Waals surface area contributed by atoms with Crippen molar-refractivity contribution in [1.29, 1.82) is 0 Å². The lowest BCUT2D eigenvalue weighted by Gasteiger charge is -2.20. The van der Waals surface area contributed by atoms with Gasteiger partial charge in [0.1, 0.15) is 0 Å². The predicted octanol–water partition coefficient (Wildman–Crippen LogP) is 7.29. The quantitative estimate of drug-likeness (QED) is 0.395. The first-order chi connectivity index (χ1) is 10.3. The van der Waals surface area contributed by atoms with Crippen molar-refractivity contribution in [2.45, 2.75) is 49.8 Å². The van der Waals surface area contributed by atoms with Crippen LogP contribution in [0.25, 0.3) is 10.8 Å². The van der Waals surface area contributed by atoms with Crippen LogP contribution in [0.3, 0.4) is 0 Å². The summed E-state index contributed by atoms with van der Waals surface area (Å²) in [6.45, 7) is 0. The van der Waals surface area contributed by atoms with Crippen LogP contribution in [0.4, 0.5) is 0 Å². The number of rotatable bonds is 3.